The van der Waals surface area contributed by atoms with Crippen molar-refractivity contribution in [3.8, 4) is 5.75 Å². The average molecular weight is 442 g/mol. The van der Waals surface area contributed by atoms with Gasteiger partial charge < -0.3 is 14.2 Å². The van der Waals surface area contributed by atoms with Crippen LogP contribution in [0.2, 0.25) is 5.02 Å². The second kappa shape index (κ2) is 8.07. The highest BCUT2D eigenvalue weighted by atomic mass is 35.5. The minimum atomic E-state index is -0.568. The first-order valence-electron chi connectivity index (χ1n) is 10.1. The van der Waals surface area contributed by atoms with Crippen molar-refractivity contribution >= 4 is 28.2 Å². The molecule has 1 saturated heterocycles. The van der Waals surface area contributed by atoms with E-state index in [1.165, 1.54) is 12.1 Å². The fourth-order valence-corrected chi connectivity index (χ4v) is 4.59. The Morgan fingerprint density at radius 3 is 2.84 bits per heavy atom. The molecule has 31 heavy (non-hydrogen) atoms. The zero-order chi connectivity index (χ0) is 21.4. The van der Waals surface area contributed by atoms with Crippen LogP contribution in [0, 0.1) is 5.82 Å². The van der Waals surface area contributed by atoms with E-state index in [1.807, 2.05) is 28.7 Å². The molecule has 0 unspecified atom stereocenters. The molecule has 0 saturated carbocycles. The Bertz CT molecular complexity index is 1250. The molecule has 1 fully saturated rings. The van der Waals surface area contributed by atoms with E-state index >= 15 is 0 Å². The summed E-state index contributed by atoms with van der Waals surface area (Å²) in [5.74, 6) is 0.0778. The Morgan fingerprint density at radius 1 is 1.19 bits per heavy atom. The van der Waals surface area contributed by atoms with Crippen molar-refractivity contribution in [2.75, 3.05) is 20.3 Å². The first-order valence-corrected chi connectivity index (χ1v) is 10.4. The summed E-state index contributed by atoms with van der Waals surface area (Å²) in [6.45, 7) is 1.38. The fourth-order valence-electron chi connectivity index (χ4n) is 4.28. The summed E-state index contributed by atoms with van der Waals surface area (Å²) in [7, 11) is 1.65. The van der Waals surface area contributed by atoms with E-state index in [0.717, 1.165) is 22.0 Å². The SMILES string of the molecule is COC1(c2cc(F)cc(OCc3cccc4c3c(Cl)cc3nncn34)c2)CCOCC1. The van der Waals surface area contributed by atoms with Gasteiger partial charge in [-0.15, -0.1) is 10.2 Å². The van der Waals surface area contributed by atoms with Gasteiger partial charge in [0.05, 0.1) is 16.1 Å². The summed E-state index contributed by atoms with van der Waals surface area (Å²) in [5.41, 5.74) is 2.63. The summed E-state index contributed by atoms with van der Waals surface area (Å²) < 4.78 is 33.6. The highest BCUT2D eigenvalue weighted by molar-refractivity contribution is 6.36. The number of hydrogen-bond acceptors (Lipinski definition) is 5. The Morgan fingerprint density at radius 2 is 2.03 bits per heavy atom. The van der Waals surface area contributed by atoms with Crippen molar-refractivity contribution in [3.05, 3.63) is 70.8 Å². The van der Waals surface area contributed by atoms with Crippen LogP contribution in [0.3, 0.4) is 0 Å². The molecule has 0 aliphatic carbocycles. The van der Waals surface area contributed by atoms with E-state index in [1.54, 1.807) is 19.5 Å². The van der Waals surface area contributed by atoms with Crippen LogP contribution in [0.25, 0.3) is 16.6 Å². The van der Waals surface area contributed by atoms with Crippen LogP contribution in [0.5, 0.6) is 5.75 Å². The van der Waals surface area contributed by atoms with Gasteiger partial charge >= 0.3 is 0 Å². The number of methoxy groups -OCH3 is 1. The average Bonchev–Trinajstić information content (AvgIpc) is 3.26. The Kier molecular flexibility index (Phi) is 5.25. The van der Waals surface area contributed by atoms with Gasteiger partial charge in [0.25, 0.3) is 0 Å². The molecule has 160 valence electrons. The Balaban J connectivity index is 1.48. The van der Waals surface area contributed by atoms with Gasteiger partial charge in [-0.05, 0) is 23.8 Å². The predicted molar refractivity (Wildman–Crippen MR) is 115 cm³/mol. The molecule has 8 heteroatoms. The molecule has 0 N–H and O–H groups in total. The predicted octanol–water partition coefficient (Wildman–Crippen LogP) is 4.91. The van der Waals surface area contributed by atoms with Crippen LogP contribution in [0.1, 0.15) is 24.0 Å². The van der Waals surface area contributed by atoms with Crippen LogP contribution in [0.4, 0.5) is 4.39 Å². The lowest BCUT2D eigenvalue weighted by Gasteiger charge is -2.36. The summed E-state index contributed by atoms with van der Waals surface area (Å²) in [6, 6.07) is 12.3. The van der Waals surface area contributed by atoms with E-state index in [4.69, 9.17) is 25.8 Å². The monoisotopic (exact) mass is 441 g/mol. The molecule has 4 aromatic rings. The maximum absolute atomic E-state index is 14.5. The molecule has 3 heterocycles. The number of hydrogen-bond donors (Lipinski definition) is 0. The summed E-state index contributed by atoms with van der Waals surface area (Å²) in [5, 5.41) is 9.44. The van der Waals surface area contributed by atoms with Crippen molar-refractivity contribution in [3.63, 3.8) is 0 Å². The molecule has 0 spiro atoms. The summed E-state index contributed by atoms with van der Waals surface area (Å²) in [4.78, 5) is 0. The molecule has 1 aliphatic heterocycles. The number of pyridine rings is 1. The number of halogens is 2. The number of rotatable bonds is 5. The lowest BCUT2D eigenvalue weighted by Crippen LogP contribution is -2.35. The van der Waals surface area contributed by atoms with Gasteiger partial charge in [0.2, 0.25) is 0 Å². The minimum absolute atomic E-state index is 0.233. The quantitative estimate of drug-likeness (QED) is 0.440. The molecule has 2 aromatic heterocycles. The van der Waals surface area contributed by atoms with E-state index in [-0.39, 0.29) is 12.4 Å². The van der Waals surface area contributed by atoms with E-state index in [9.17, 15) is 4.39 Å². The number of nitrogens with zero attached hydrogens (tertiary/aromatic N) is 3. The molecule has 0 atom stereocenters. The maximum Gasteiger partial charge on any atom is 0.162 e. The third-order valence-corrected chi connectivity index (χ3v) is 6.24. The highest BCUT2D eigenvalue weighted by Crippen LogP contribution is 2.38. The molecular formula is C23H21ClFN3O3. The second-order valence-corrected chi connectivity index (χ2v) is 8.04. The van der Waals surface area contributed by atoms with E-state index in [2.05, 4.69) is 10.2 Å². The number of ether oxygens (including phenoxy) is 3. The zero-order valence-electron chi connectivity index (χ0n) is 17.0. The normalized spacial score (nSPS) is 16.1. The topological polar surface area (TPSA) is 57.9 Å². The smallest absolute Gasteiger partial charge is 0.162 e. The third kappa shape index (κ3) is 3.63. The molecule has 6 nitrogen and oxygen atoms in total. The lowest BCUT2D eigenvalue weighted by atomic mass is 9.86. The van der Waals surface area contributed by atoms with Gasteiger partial charge in [-0.1, -0.05) is 23.7 Å². The molecule has 2 aromatic carbocycles. The molecule has 1 aliphatic rings. The first-order chi connectivity index (χ1) is 15.1. The summed E-state index contributed by atoms with van der Waals surface area (Å²) >= 11 is 6.54. The third-order valence-electron chi connectivity index (χ3n) is 5.94. The lowest BCUT2D eigenvalue weighted by molar-refractivity contribution is -0.0950. The number of fused-ring (bicyclic) bond motifs is 3. The van der Waals surface area contributed by atoms with Crippen molar-refractivity contribution < 1.29 is 18.6 Å². The van der Waals surface area contributed by atoms with Crippen molar-refractivity contribution in [1.82, 2.24) is 14.6 Å². The van der Waals surface area contributed by atoms with Gasteiger partial charge in [0, 0.05) is 56.2 Å². The van der Waals surface area contributed by atoms with Crippen molar-refractivity contribution in [2.24, 2.45) is 0 Å². The van der Waals surface area contributed by atoms with Crippen LogP contribution in [-0.2, 0) is 21.7 Å². The van der Waals surface area contributed by atoms with Gasteiger partial charge in [-0.2, -0.15) is 0 Å². The van der Waals surface area contributed by atoms with Gasteiger partial charge in [-0.3, -0.25) is 4.40 Å². The van der Waals surface area contributed by atoms with Crippen LogP contribution < -0.4 is 4.74 Å². The highest BCUT2D eigenvalue weighted by Gasteiger charge is 2.35. The van der Waals surface area contributed by atoms with E-state index < -0.39 is 5.60 Å². The number of aromatic nitrogens is 3. The molecule has 0 amide bonds. The first kappa shape index (κ1) is 20.2. The Labute approximate surface area is 183 Å². The van der Waals surface area contributed by atoms with Gasteiger partial charge in [0.1, 0.15) is 24.5 Å². The number of benzene rings is 2. The van der Waals surface area contributed by atoms with Crippen molar-refractivity contribution in [2.45, 2.75) is 25.0 Å². The molecular weight excluding hydrogens is 421 g/mol. The summed E-state index contributed by atoms with van der Waals surface area (Å²) in [6.07, 6.45) is 2.98. The second-order valence-electron chi connectivity index (χ2n) is 7.64. The fraction of sp³-hybridized carbons (Fsp3) is 0.304. The zero-order valence-corrected chi connectivity index (χ0v) is 17.7. The Hall–Kier alpha value is -2.74. The van der Waals surface area contributed by atoms with Crippen LogP contribution in [-0.4, -0.2) is 34.9 Å². The molecule has 0 bridgehead atoms. The van der Waals surface area contributed by atoms with E-state index in [0.29, 0.717) is 42.5 Å². The largest absolute Gasteiger partial charge is 0.489 e. The maximum atomic E-state index is 14.5. The van der Waals surface area contributed by atoms with Gasteiger partial charge in [0.15, 0.2) is 5.65 Å². The van der Waals surface area contributed by atoms with Gasteiger partial charge in [-0.25, -0.2) is 4.39 Å². The minimum Gasteiger partial charge on any atom is -0.489 e. The molecule has 0 radical (unpaired) electrons. The van der Waals surface area contributed by atoms with Crippen LogP contribution >= 0.6 is 11.6 Å². The van der Waals surface area contributed by atoms with Crippen molar-refractivity contribution in [1.29, 1.82) is 0 Å². The molecule has 5 rings (SSSR count). The standard InChI is InChI=1S/C23H21ClFN3O3/c1-29-23(5-7-30-8-6-23)16-9-17(25)11-18(10-16)31-13-15-3-2-4-20-22(15)19(24)12-21-27-26-14-28(20)21/h2-4,9-12,14H,5-8,13H2,1H3. The van der Waals surface area contributed by atoms with Crippen LogP contribution in [0.15, 0.2) is 48.8 Å².